The monoisotopic (exact) mass is 514 g/mol. The molecule has 1 saturated heterocycles. The molecule has 3 aromatic carbocycles. The molecule has 0 radical (unpaired) electrons. The van der Waals surface area contributed by atoms with Gasteiger partial charge in [0.1, 0.15) is 0 Å². The Bertz CT molecular complexity index is 1300. The van der Waals surface area contributed by atoms with Crippen molar-refractivity contribution < 1.29 is 9.59 Å². The highest BCUT2D eigenvalue weighted by molar-refractivity contribution is 8.01. The van der Waals surface area contributed by atoms with Gasteiger partial charge in [0.05, 0.1) is 11.4 Å². The van der Waals surface area contributed by atoms with Gasteiger partial charge in [-0.05, 0) is 36.4 Å². The van der Waals surface area contributed by atoms with Crippen molar-refractivity contribution >= 4 is 46.3 Å². The molecular weight excluding hydrogens is 488 g/mol. The maximum Gasteiger partial charge on any atom is 0.253 e. The van der Waals surface area contributed by atoms with Crippen molar-refractivity contribution in [2.75, 3.05) is 42.1 Å². The summed E-state index contributed by atoms with van der Waals surface area (Å²) in [4.78, 5) is 33.9. The average Bonchev–Trinajstić information content (AvgIpc) is 3.42. The predicted molar refractivity (Wildman–Crippen MR) is 148 cm³/mol. The number of rotatable bonds is 7. The van der Waals surface area contributed by atoms with E-state index in [1.165, 1.54) is 11.8 Å². The van der Waals surface area contributed by atoms with E-state index in [1.807, 2.05) is 95.2 Å². The third kappa shape index (κ3) is 5.95. The van der Waals surface area contributed by atoms with E-state index in [9.17, 15) is 9.59 Å². The molecule has 0 unspecified atom stereocenters. The summed E-state index contributed by atoms with van der Waals surface area (Å²) in [5.41, 5.74) is 4.60. The summed E-state index contributed by atoms with van der Waals surface area (Å²) in [7, 11) is 0. The number of nitrogens with one attached hydrogen (secondary N) is 1. The van der Waals surface area contributed by atoms with Gasteiger partial charge in [0.15, 0.2) is 4.34 Å². The number of carbonyl (C=O) groups is 2. The van der Waals surface area contributed by atoms with E-state index in [0.29, 0.717) is 18.8 Å². The number of hydrogen-bond donors (Lipinski definition) is 1. The molecule has 1 aliphatic heterocycles. The van der Waals surface area contributed by atoms with Gasteiger partial charge >= 0.3 is 0 Å². The van der Waals surface area contributed by atoms with Gasteiger partial charge in [0.25, 0.3) is 5.91 Å². The van der Waals surface area contributed by atoms with E-state index >= 15 is 0 Å². The lowest BCUT2D eigenvalue weighted by molar-refractivity contribution is -0.113. The normalized spacial score (nSPS) is 13.4. The summed E-state index contributed by atoms with van der Waals surface area (Å²) in [6.45, 7) is 2.93. The fourth-order valence-corrected chi connectivity index (χ4v) is 5.71. The van der Waals surface area contributed by atoms with E-state index in [2.05, 4.69) is 15.2 Å². The van der Waals surface area contributed by atoms with Crippen LogP contribution in [0.4, 0.5) is 11.4 Å². The zero-order chi connectivity index (χ0) is 24.7. The molecule has 2 heterocycles. The summed E-state index contributed by atoms with van der Waals surface area (Å²) in [6.07, 6.45) is 0. The van der Waals surface area contributed by atoms with Gasteiger partial charge < -0.3 is 15.1 Å². The van der Waals surface area contributed by atoms with Crippen LogP contribution in [0, 0.1) is 0 Å². The lowest BCUT2D eigenvalue weighted by Gasteiger charge is -2.36. The van der Waals surface area contributed by atoms with Crippen LogP contribution in [0.1, 0.15) is 10.4 Å². The minimum atomic E-state index is -0.0581. The smallest absolute Gasteiger partial charge is 0.253 e. The molecular formula is C28H26N4O2S2. The molecule has 182 valence electrons. The van der Waals surface area contributed by atoms with Gasteiger partial charge in [-0.1, -0.05) is 60.3 Å². The van der Waals surface area contributed by atoms with E-state index < -0.39 is 0 Å². The van der Waals surface area contributed by atoms with Crippen LogP contribution in [0.3, 0.4) is 0 Å². The second-order valence-corrected chi connectivity index (χ2v) is 10.5. The molecule has 2 amide bonds. The molecule has 1 N–H and O–H groups in total. The molecule has 0 aliphatic carbocycles. The second-order valence-electron chi connectivity index (χ2n) is 8.39. The quantitative estimate of drug-likeness (QED) is 0.330. The third-order valence-electron chi connectivity index (χ3n) is 5.98. The zero-order valence-corrected chi connectivity index (χ0v) is 21.3. The fraction of sp³-hybridized carbons (Fsp3) is 0.179. The van der Waals surface area contributed by atoms with Gasteiger partial charge in [-0.15, -0.1) is 11.3 Å². The molecule has 1 aliphatic rings. The fourth-order valence-electron chi connectivity index (χ4n) is 4.08. The number of carbonyl (C=O) groups excluding carboxylic acids is 2. The minimum Gasteiger partial charge on any atom is -0.368 e. The van der Waals surface area contributed by atoms with Crippen LogP contribution in [0.5, 0.6) is 0 Å². The number of nitrogens with zero attached hydrogens (tertiary/aromatic N) is 3. The van der Waals surface area contributed by atoms with Crippen LogP contribution in [0.15, 0.2) is 94.6 Å². The summed E-state index contributed by atoms with van der Waals surface area (Å²) >= 11 is 3.00. The average molecular weight is 515 g/mol. The van der Waals surface area contributed by atoms with Crippen molar-refractivity contribution in [2.45, 2.75) is 4.34 Å². The molecule has 5 rings (SSSR count). The molecule has 6 nitrogen and oxygen atoms in total. The van der Waals surface area contributed by atoms with Crippen molar-refractivity contribution in [1.29, 1.82) is 0 Å². The molecule has 1 aromatic heterocycles. The number of piperazine rings is 1. The first-order valence-electron chi connectivity index (χ1n) is 11.8. The topological polar surface area (TPSA) is 65.5 Å². The van der Waals surface area contributed by atoms with Crippen LogP contribution in [0.2, 0.25) is 0 Å². The van der Waals surface area contributed by atoms with Crippen LogP contribution in [0.25, 0.3) is 11.3 Å². The zero-order valence-electron chi connectivity index (χ0n) is 19.7. The lowest BCUT2D eigenvalue weighted by Crippen LogP contribution is -2.48. The standard InChI is InChI=1S/C28H26N4O2S2/c33-26(20-36-28-30-25(19-35-28)21-7-3-1-4-8-21)29-23-11-13-24(14-12-23)31-15-17-32(18-16-31)27(34)22-9-5-2-6-10-22/h1-14,19H,15-18,20H2,(H,29,33). The highest BCUT2D eigenvalue weighted by Crippen LogP contribution is 2.28. The number of hydrogen-bond acceptors (Lipinski definition) is 6. The summed E-state index contributed by atoms with van der Waals surface area (Å²) in [5, 5.41) is 4.99. The Morgan fingerprint density at radius 1 is 0.861 bits per heavy atom. The molecule has 1 fully saturated rings. The summed E-state index contributed by atoms with van der Waals surface area (Å²) in [5.74, 6) is 0.332. The first-order chi connectivity index (χ1) is 17.7. The predicted octanol–water partition coefficient (Wildman–Crippen LogP) is 5.50. The van der Waals surface area contributed by atoms with E-state index in [4.69, 9.17) is 0 Å². The first kappa shape index (κ1) is 24.1. The number of thioether (sulfide) groups is 1. The van der Waals surface area contributed by atoms with E-state index in [-0.39, 0.29) is 11.8 Å². The van der Waals surface area contributed by atoms with Gasteiger partial charge in [0.2, 0.25) is 5.91 Å². The molecule has 8 heteroatoms. The minimum absolute atomic E-state index is 0.0581. The van der Waals surface area contributed by atoms with Crippen LogP contribution in [-0.2, 0) is 4.79 Å². The SMILES string of the molecule is O=C(CSc1nc(-c2ccccc2)cs1)Nc1ccc(N2CCN(C(=O)c3ccccc3)CC2)cc1. The van der Waals surface area contributed by atoms with Gasteiger partial charge in [-0.25, -0.2) is 4.98 Å². The number of aromatic nitrogens is 1. The Morgan fingerprint density at radius 2 is 1.53 bits per heavy atom. The Labute approximate surface area is 219 Å². The largest absolute Gasteiger partial charge is 0.368 e. The van der Waals surface area contributed by atoms with Crippen LogP contribution < -0.4 is 10.2 Å². The number of anilines is 2. The van der Waals surface area contributed by atoms with Crippen molar-refractivity contribution in [3.63, 3.8) is 0 Å². The number of amides is 2. The van der Waals surface area contributed by atoms with Gasteiger partial charge in [-0.3, -0.25) is 9.59 Å². The Morgan fingerprint density at radius 3 is 2.22 bits per heavy atom. The van der Waals surface area contributed by atoms with Gasteiger partial charge in [-0.2, -0.15) is 0 Å². The highest BCUT2D eigenvalue weighted by Gasteiger charge is 2.22. The van der Waals surface area contributed by atoms with E-state index in [1.54, 1.807) is 11.3 Å². The third-order valence-corrected chi connectivity index (χ3v) is 8.00. The van der Waals surface area contributed by atoms with Crippen molar-refractivity contribution in [3.05, 3.63) is 95.9 Å². The highest BCUT2D eigenvalue weighted by atomic mass is 32.2. The van der Waals surface area contributed by atoms with Crippen molar-refractivity contribution in [3.8, 4) is 11.3 Å². The van der Waals surface area contributed by atoms with Crippen LogP contribution in [-0.4, -0.2) is 53.6 Å². The maximum absolute atomic E-state index is 12.7. The number of thiazole rings is 1. The van der Waals surface area contributed by atoms with Crippen molar-refractivity contribution in [1.82, 2.24) is 9.88 Å². The maximum atomic E-state index is 12.7. The molecule has 4 aromatic rings. The molecule has 0 spiro atoms. The Hall–Kier alpha value is -3.62. The second kappa shape index (κ2) is 11.4. The van der Waals surface area contributed by atoms with Crippen LogP contribution >= 0.6 is 23.1 Å². The molecule has 36 heavy (non-hydrogen) atoms. The molecule has 0 saturated carbocycles. The Kier molecular flexibility index (Phi) is 7.64. The summed E-state index contributed by atoms with van der Waals surface area (Å²) < 4.78 is 0.879. The summed E-state index contributed by atoms with van der Waals surface area (Å²) in [6, 6.07) is 27.3. The van der Waals surface area contributed by atoms with Gasteiger partial charge in [0, 0.05) is 54.1 Å². The lowest BCUT2D eigenvalue weighted by atomic mass is 10.1. The van der Waals surface area contributed by atoms with Crippen molar-refractivity contribution in [2.24, 2.45) is 0 Å². The first-order valence-corrected chi connectivity index (χ1v) is 13.7. The number of benzene rings is 3. The molecule has 0 atom stereocenters. The van der Waals surface area contributed by atoms with E-state index in [0.717, 1.165) is 45.6 Å². The molecule has 0 bridgehead atoms. The Balaban J connectivity index is 1.09.